The minimum absolute atomic E-state index is 0.00177. The minimum atomic E-state index is -0.00177. The average Bonchev–Trinajstić information content (AvgIpc) is 2.94. The smallest absolute Gasteiger partial charge is 0.261 e. The van der Waals surface area contributed by atoms with Crippen LogP contribution in [-0.2, 0) is 0 Å². The molecule has 2 rings (SSSR count). The van der Waals surface area contributed by atoms with E-state index in [1.165, 1.54) is 11.3 Å². The normalized spacial score (nSPS) is 13.9. The molecule has 0 aliphatic heterocycles. The van der Waals surface area contributed by atoms with Gasteiger partial charge in [0.25, 0.3) is 5.56 Å². The molecule has 0 aliphatic rings. The molecule has 21 heavy (non-hydrogen) atoms. The van der Waals surface area contributed by atoms with Crippen molar-refractivity contribution >= 4 is 16.5 Å². The number of rotatable bonds is 6. The van der Waals surface area contributed by atoms with Crippen molar-refractivity contribution in [3.8, 4) is 10.6 Å². The molecule has 0 saturated carbocycles. The maximum absolute atomic E-state index is 12.5. The summed E-state index contributed by atoms with van der Waals surface area (Å²) in [6, 6.07) is 4.24. The number of anilines is 1. The molecule has 0 bridgehead atoms. The summed E-state index contributed by atoms with van der Waals surface area (Å²) < 4.78 is 1.76. The van der Waals surface area contributed by atoms with Gasteiger partial charge in [0.05, 0.1) is 5.56 Å². The van der Waals surface area contributed by atoms with Crippen molar-refractivity contribution in [2.24, 2.45) is 0 Å². The number of pyridine rings is 1. The first-order valence-electron chi connectivity index (χ1n) is 7.38. The van der Waals surface area contributed by atoms with Crippen LogP contribution < -0.4 is 10.9 Å². The van der Waals surface area contributed by atoms with Crippen molar-refractivity contribution in [1.82, 2.24) is 14.8 Å². The van der Waals surface area contributed by atoms with Crippen LogP contribution in [-0.4, -0.2) is 20.8 Å². The van der Waals surface area contributed by atoms with Gasteiger partial charge in [-0.3, -0.25) is 4.79 Å². The van der Waals surface area contributed by atoms with Crippen LogP contribution >= 0.6 is 11.3 Å². The predicted molar refractivity (Wildman–Crippen MR) is 88.0 cm³/mol. The molecule has 2 atom stereocenters. The summed E-state index contributed by atoms with van der Waals surface area (Å²) in [5.41, 5.74) is 0.616. The second-order valence-corrected chi connectivity index (χ2v) is 6.24. The second-order valence-electron chi connectivity index (χ2n) is 5.26. The van der Waals surface area contributed by atoms with Crippen LogP contribution in [0.3, 0.4) is 0 Å². The van der Waals surface area contributed by atoms with E-state index >= 15 is 0 Å². The van der Waals surface area contributed by atoms with Crippen molar-refractivity contribution in [3.63, 3.8) is 0 Å². The lowest BCUT2D eigenvalue weighted by molar-refractivity contribution is 0.515. The number of hydrogen-bond donors (Lipinski definition) is 1. The lowest BCUT2D eigenvalue weighted by Gasteiger charge is -2.13. The Morgan fingerprint density at radius 1 is 1.29 bits per heavy atom. The second kappa shape index (κ2) is 6.85. The Labute approximate surface area is 129 Å². The van der Waals surface area contributed by atoms with Gasteiger partial charge in [0.2, 0.25) is 5.13 Å². The topological polar surface area (TPSA) is 59.8 Å². The third-order valence-corrected chi connectivity index (χ3v) is 4.57. The Morgan fingerprint density at radius 2 is 2.05 bits per heavy atom. The van der Waals surface area contributed by atoms with Gasteiger partial charge in [0.1, 0.15) is 0 Å². The predicted octanol–water partition coefficient (Wildman–Crippen LogP) is 3.55. The Morgan fingerprint density at radius 3 is 2.71 bits per heavy atom. The van der Waals surface area contributed by atoms with Gasteiger partial charge < -0.3 is 9.88 Å². The van der Waals surface area contributed by atoms with Crippen molar-refractivity contribution < 1.29 is 0 Å². The lowest BCUT2D eigenvalue weighted by atomic mass is 10.2. The van der Waals surface area contributed by atoms with E-state index < -0.39 is 0 Å². The monoisotopic (exact) mass is 306 g/mol. The number of nitrogens with one attached hydrogen (secondary N) is 1. The van der Waals surface area contributed by atoms with Crippen LogP contribution in [0.15, 0.2) is 23.1 Å². The highest BCUT2D eigenvalue weighted by Crippen LogP contribution is 2.25. The van der Waals surface area contributed by atoms with E-state index in [1.54, 1.807) is 4.57 Å². The molecule has 0 aliphatic carbocycles. The third-order valence-electron chi connectivity index (χ3n) is 3.68. The van der Waals surface area contributed by atoms with Crippen LogP contribution in [0.25, 0.3) is 10.6 Å². The van der Waals surface area contributed by atoms with Crippen molar-refractivity contribution in [3.05, 3.63) is 28.7 Å². The van der Waals surface area contributed by atoms with Gasteiger partial charge in [-0.1, -0.05) is 25.2 Å². The van der Waals surface area contributed by atoms with E-state index in [-0.39, 0.29) is 11.6 Å². The number of aromatic nitrogens is 3. The third kappa shape index (κ3) is 3.50. The first kappa shape index (κ1) is 15.7. The van der Waals surface area contributed by atoms with Gasteiger partial charge in [-0.05, 0) is 38.8 Å². The Kier molecular flexibility index (Phi) is 5.12. The largest absolute Gasteiger partial charge is 0.358 e. The highest BCUT2D eigenvalue weighted by molar-refractivity contribution is 7.18. The summed E-state index contributed by atoms with van der Waals surface area (Å²) in [5.74, 6) is 0. The maximum atomic E-state index is 12.5. The first-order valence-corrected chi connectivity index (χ1v) is 8.20. The van der Waals surface area contributed by atoms with Crippen LogP contribution in [0.2, 0.25) is 0 Å². The van der Waals surface area contributed by atoms with E-state index in [9.17, 15) is 4.79 Å². The van der Waals surface area contributed by atoms with Gasteiger partial charge in [-0.2, -0.15) is 0 Å². The molecule has 2 heterocycles. The molecule has 2 aromatic rings. The van der Waals surface area contributed by atoms with Crippen LogP contribution in [0, 0.1) is 0 Å². The molecule has 0 amide bonds. The van der Waals surface area contributed by atoms with Gasteiger partial charge in [-0.25, -0.2) is 0 Å². The number of nitrogens with zero attached hydrogens (tertiary/aromatic N) is 3. The molecule has 0 aromatic carbocycles. The van der Waals surface area contributed by atoms with Crippen molar-refractivity contribution in [2.75, 3.05) is 5.32 Å². The van der Waals surface area contributed by atoms with E-state index in [0.717, 1.165) is 18.0 Å². The summed E-state index contributed by atoms with van der Waals surface area (Å²) in [6.45, 7) is 8.32. The quantitative estimate of drug-likeness (QED) is 0.886. The molecule has 5 nitrogen and oxygen atoms in total. The molecular formula is C15H22N4OS. The molecule has 2 unspecified atom stereocenters. The fourth-order valence-corrected chi connectivity index (χ4v) is 2.79. The molecule has 6 heteroatoms. The molecule has 0 saturated heterocycles. The highest BCUT2D eigenvalue weighted by atomic mass is 32.1. The molecule has 2 aromatic heterocycles. The summed E-state index contributed by atoms with van der Waals surface area (Å²) in [6.07, 6.45) is 3.76. The average molecular weight is 306 g/mol. The van der Waals surface area contributed by atoms with Crippen LogP contribution in [0.5, 0.6) is 0 Å². The Balaban J connectivity index is 2.33. The van der Waals surface area contributed by atoms with Crippen molar-refractivity contribution in [2.45, 2.75) is 52.6 Å². The van der Waals surface area contributed by atoms with E-state index in [4.69, 9.17) is 0 Å². The zero-order valence-corrected chi connectivity index (χ0v) is 13.8. The van der Waals surface area contributed by atoms with Gasteiger partial charge in [-0.15, -0.1) is 10.2 Å². The highest BCUT2D eigenvalue weighted by Gasteiger charge is 2.14. The summed E-state index contributed by atoms with van der Waals surface area (Å²) in [7, 11) is 0. The number of hydrogen-bond acceptors (Lipinski definition) is 5. The summed E-state index contributed by atoms with van der Waals surface area (Å²) >= 11 is 1.43. The SMILES string of the molecule is CCC(C)Nc1nnc(-c2cccn(C(C)CC)c2=O)s1. The standard InChI is InChI=1S/C15H22N4OS/c1-5-10(3)16-15-18-17-13(21-15)12-8-7-9-19(14(12)20)11(4)6-2/h7-11H,5-6H2,1-4H3,(H,16,18). The van der Waals surface area contributed by atoms with Gasteiger partial charge >= 0.3 is 0 Å². The maximum Gasteiger partial charge on any atom is 0.261 e. The van der Waals surface area contributed by atoms with Crippen LogP contribution in [0.4, 0.5) is 5.13 Å². The molecule has 0 radical (unpaired) electrons. The zero-order chi connectivity index (χ0) is 15.4. The zero-order valence-electron chi connectivity index (χ0n) is 13.0. The molecule has 0 fully saturated rings. The Hall–Kier alpha value is -1.69. The summed E-state index contributed by atoms with van der Waals surface area (Å²) in [4.78, 5) is 12.5. The lowest BCUT2D eigenvalue weighted by Crippen LogP contribution is -2.23. The Bertz CT molecular complexity index is 649. The van der Waals surface area contributed by atoms with Crippen molar-refractivity contribution in [1.29, 1.82) is 0 Å². The fraction of sp³-hybridized carbons (Fsp3) is 0.533. The molecular weight excluding hydrogens is 284 g/mol. The molecule has 1 N–H and O–H groups in total. The fourth-order valence-electron chi connectivity index (χ4n) is 1.92. The molecule has 114 valence electrons. The van der Waals surface area contributed by atoms with E-state index in [2.05, 4.69) is 36.3 Å². The minimum Gasteiger partial charge on any atom is -0.358 e. The van der Waals surface area contributed by atoms with Crippen LogP contribution in [0.1, 0.15) is 46.6 Å². The van der Waals surface area contributed by atoms with E-state index in [1.807, 2.05) is 25.3 Å². The molecule has 0 spiro atoms. The summed E-state index contributed by atoms with van der Waals surface area (Å²) in [5, 5.41) is 13.0. The van der Waals surface area contributed by atoms with Gasteiger partial charge in [0.15, 0.2) is 5.01 Å². The van der Waals surface area contributed by atoms with E-state index in [0.29, 0.717) is 16.6 Å². The van der Waals surface area contributed by atoms with Gasteiger partial charge in [0, 0.05) is 18.3 Å². The first-order chi connectivity index (χ1) is 10.1.